The lowest BCUT2D eigenvalue weighted by Gasteiger charge is -2.19. The van der Waals surface area contributed by atoms with Gasteiger partial charge in [0.05, 0.1) is 24.4 Å². The molecule has 1 aliphatic rings. The van der Waals surface area contributed by atoms with Crippen molar-refractivity contribution in [3.63, 3.8) is 0 Å². The Hall–Kier alpha value is -3.94. The van der Waals surface area contributed by atoms with Crippen LogP contribution < -0.4 is 5.32 Å². The molecule has 0 spiro atoms. The summed E-state index contributed by atoms with van der Waals surface area (Å²) in [7, 11) is 0. The number of nitrogens with zero attached hydrogens (tertiary/aromatic N) is 8. The van der Waals surface area contributed by atoms with Crippen LogP contribution in [0, 0.1) is 10.3 Å². The Morgan fingerprint density at radius 3 is 2.48 bits per heavy atom. The zero-order valence-electron chi connectivity index (χ0n) is 12.9. The van der Waals surface area contributed by atoms with Crippen LogP contribution in [0.5, 0.6) is 0 Å². The first kappa shape index (κ1) is 17.4. The molecule has 0 fully saturated rings. The highest BCUT2D eigenvalue weighted by atomic mass is 16.3. The number of amidine groups is 1. The third-order valence-corrected chi connectivity index (χ3v) is 3.10. The Bertz CT molecular complexity index is 870. The van der Waals surface area contributed by atoms with Crippen molar-refractivity contribution < 1.29 is 0 Å². The van der Waals surface area contributed by atoms with E-state index in [4.69, 9.17) is 16.5 Å². The maximum Gasteiger partial charge on any atom is 0.200 e. The number of nitroso groups, excluding NO2 is 1. The molecule has 1 aliphatic heterocycles. The Balaban J connectivity index is 2.58. The van der Waals surface area contributed by atoms with Gasteiger partial charge in [0.25, 0.3) is 0 Å². The van der Waals surface area contributed by atoms with E-state index in [2.05, 4.69) is 35.5 Å². The fraction of sp³-hybridized carbons (Fsp3) is 0.143. The highest BCUT2D eigenvalue weighted by Gasteiger charge is 2.19. The van der Waals surface area contributed by atoms with Gasteiger partial charge in [0.2, 0.25) is 5.84 Å². The van der Waals surface area contributed by atoms with Crippen molar-refractivity contribution in [1.29, 1.82) is 5.41 Å². The zero-order chi connectivity index (χ0) is 18.1. The molecule has 0 radical (unpaired) electrons. The van der Waals surface area contributed by atoms with Crippen LogP contribution in [-0.2, 0) is 0 Å². The summed E-state index contributed by atoms with van der Waals surface area (Å²) in [6, 6.07) is 8.70. The molecule has 2 N–H and O–H groups in total. The van der Waals surface area contributed by atoms with E-state index >= 15 is 0 Å². The van der Waals surface area contributed by atoms with Crippen LogP contribution in [0.15, 0.2) is 68.3 Å². The second-order valence-corrected chi connectivity index (χ2v) is 4.71. The quantitative estimate of drug-likeness (QED) is 0.201. The summed E-state index contributed by atoms with van der Waals surface area (Å²) in [4.78, 5) is 20.6. The highest BCUT2D eigenvalue weighted by molar-refractivity contribution is 6.22. The smallest absolute Gasteiger partial charge is 0.200 e. The number of hydrogen-bond donors (Lipinski definition) is 2. The number of rotatable bonds is 6. The first-order valence-electron chi connectivity index (χ1n) is 6.98. The zero-order valence-corrected chi connectivity index (χ0v) is 12.9. The molecule has 0 aromatic heterocycles. The van der Waals surface area contributed by atoms with Gasteiger partial charge in [-0.2, -0.15) is 0 Å². The Morgan fingerprint density at radius 1 is 1.16 bits per heavy atom. The number of azide groups is 2. The largest absolute Gasteiger partial charge is 0.343 e. The van der Waals surface area contributed by atoms with E-state index < -0.39 is 5.84 Å². The monoisotopic (exact) mass is 336 g/mol. The van der Waals surface area contributed by atoms with Gasteiger partial charge in [0, 0.05) is 15.5 Å². The fourth-order valence-electron chi connectivity index (χ4n) is 2.13. The molecule has 0 aliphatic carbocycles. The molecule has 11 nitrogen and oxygen atoms in total. The lowest BCUT2D eigenvalue weighted by atomic mass is 10.0. The minimum absolute atomic E-state index is 0.000785. The third kappa shape index (κ3) is 4.52. The number of benzene rings is 1. The summed E-state index contributed by atoms with van der Waals surface area (Å²) < 4.78 is 0. The Morgan fingerprint density at radius 2 is 1.84 bits per heavy atom. The molecule has 1 heterocycles. The summed E-state index contributed by atoms with van der Waals surface area (Å²) in [5.74, 6) is -0.324. The minimum atomic E-state index is -0.509. The average molecular weight is 336 g/mol. The van der Waals surface area contributed by atoms with Crippen LogP contribution in [0.1, 0.15) is 5.56 Å². The summed E-state index contributed by atoms with van der Waals surface area (Å²) in [5.41, 5.74) is 18.6. The number of aliphatic imine (C=N–C) groups is 1. The van der Waals surface area contributed by atoms with Crippen molar-refractivity contribution in [2.24, 2.45) is 20.4 Å². The van der Waals surface area contributed by atoms with E-state index in [0.717, 1.165) is 0 Å². The molecule has 2 rings (SSSR count). The molecule has 25 heavy (non-hydrogen) atoms. The van der Waals surface area contributed by atoms with Crippen molar-refractivity contribution in [2.75, 3.05) is 13.1 Å². The molecule has 0 saturated carbocycles. The van der Waals surface area contributed by atoms with Crippen LogP contribution in [-0.4, -0.2) is 24.6 Å². The van der Waals surface area contributed by atoms with Crippen molar-refractivity contribution in [3.05, 3.63) is 79.3 Å². The SMILES string of the molecule is [N-]=[N+]=NCC1=CC(CN=[N+]=[N-])=N/C(=C(/C(=N)N=O)c2ccccc2)N1. The molecule has 0 unspecified atom stereocenters. The van der Waals surface area contributed by atoms with E-state index in [1.807, 2.05) is 0 Å². The molecular weight excluding hydrogens is 324 g/mol. The van der Waals surface area contributed by atoms with E-state index in [1.54, 1.807) is 36.4 Å². The van der Waals surface area contributed by atoms with Crippen LogP contribution in [0.25, 0.3) is 26.5 Å². The average Bonchev–Trinajstić information content (AvgIpc) is 2.65. The molecule has 11 heteroatoms. The van der Waals surface area contributed by atoms with Gasteiger partial charge in [-0.3, -0.25) is 5.41 Å². The second kappa shape index (κ2) is 8.63. The summed E-state index contributed by atoms with van der Waals surface area (Å²) in [6.07, 6.45) is 1.58. The van der Waals surface area contributed by atoms with Gasteiger partial charge in [-0.25, -0.2) is 4.99 Å². The third-order valence-electron chi connectivity index (χ3n) is 3.10. The summed E-state index contributed by atoms with van der Waals surface area (Å²) in [5, 5.41) is 20.4. The van der Waals surface area contributed by atoms with Gasteiger partial charge < -0.3 is 5.32 Å². The molecule has 0 amide bonds. The van der Waals surface area contributed by atoms with Crippen LogP contribution in [0.3, 0.4) is 0 Å². The van der Waals surface area contributed by atoms with E-state index in [0.29, 0.717) is 17.0 Å². The topological polar surface area (TPSA) is 175 Å². The van der Waals surface area contributed by atoms with Crippen LogP contribution in [0.2, 0.25) is 0 Å². The maximum absolute atomic E-state index is 10.9. The first-order valence-corrected chi connectivity index (χ1v) is 6.98. The van der Waals surface area contributed by atoms with E-state index in [1.165, 1.54) is 0 Å². The number of hydrogen-bond acceptors (Lipinski definition) is 6. The predicted molar refractivity (Wildman–Crippen MR) is 93.6 cm³/mol. The van der Waals surface area contributed by atoms with Crippen LogP contribution in [0.4, 0.5) is 0 Å². The molecular formula is C14H12N10O. The first-order chi connectivity index (χ1) is 12.2. The van der Waals surface area contributed by atoms with Gasteiger partial charge in [-0.15, -0.1) is 4.91 Å². The molecule has 0 bridgehead atoms. The molecule has 1 aromatic rings. The minimum Gasteiger partial charge on any atom is -0.343 e. The molecule has 1 aromatic carbocycles. The van der Waals surface area contributed by atoms with E-state index in [9.17, 15) is 4.91 Å². The van der Waals surface area contributed by atoms with Crippen molar-refractivity contribution in [1.82, 2.24) is 5.32 Å². The summed E-state index contributed by atoms with van der Waals surface area (Å²) in [6.45, 7) is -0.0371. The van der Waals surface area contributed by atoms with Crippen molar-refractivity contribution in [2.45, 2.75) is 0 Å². The molecule has 0 saturated heterocycles. The van der Waals surface area contributed by atoms with Crippen molar-refractivity contribution in [3.8, 4) is 0 Å². The Labute approximate surface area is 141 Å². The number of nitrogens with one attached hydrogen (secondary N) is 2. The van der Waals surface area contributed by atoms with Gasteiger partial charge in [-0.1, -0.05) is 40.6 Å². The van der Waals surface area contributed by atoms with E-state index in [-0.39, 0.29) is 24.5 Å². The lowest BCUT2D eigenvalue weighted by molar-refractivity contribution is 0.886. The van der Waals surface area contributed by atoms with Crippen LogP contribution >= 0.6 is 0 Å². The van der Waals surface area contributed by atoms with Gasteiger partial charge in [0.15, 0.2) is 0 Å². The standard InChI is InChI=1S/C14H12N10O/c15-13(22-25)12(9-4-2-1-3-5-9)14-20-10(7-18-23-16)6-11(21-14)8-19-24-17/h1-6,15,20H,7-8H2/b14-12+,15-13?. The fourth-order valence-corrected chi connectivity index (χ4v) is 2.13. The highest BCUT2D eigenvalue weighted by Crippen LogP contribution is 2.23. The molecule has 0 atom stereocenters. The van der Waals surface area contributed by atoms with Gasteiger partial charge >= 0.3 is 0 Å². The van der Waals surface area contributed by atoms with Gasteiger partial charge in [-0.05, 0) is 27.9 Å². The summed E-state index contributed by atoms with van der Waals surface area (Å²) >= 11 is 0. The second-order valence-electron chi connectivity index (χ2n) is 4.71. The maximum atomic E-state index is 10.9. The Kier molecular flexibility index (Phi) is 6.01. The normalized spacial score (nSPS) is 14.7. The van der Waals surface area contributed by atoms with Gasteiger partial charge in [0.1, 0.15) is 5.82 Å². The predicted octanol–water partition coefficient (Wildman–Crippen LogP) is 3.65. The van der Waals surface area contributed by atoms with Crippen molar-refractivity contribution >= 4 is 17.1 Å². The molecule has 124 valence electrons. The lowest BCUT2D eigenvalue weighted by Crippen LogP contribution is -2.24.